The highest BCUT2D eigenvalue weighted by atomic mass is 16.7. The van der Waals surface area contributed by atoms with Gasteiger partial charge in [-0.25, -0.2) is 0 Å². The van der Waals surface area contributed by atoms with Crippen LogP contribution in [0.1, 0.15) is 45.7 Å². The minimum Gasteiger partial charge on any atom is -0.400 e. The van der Waals surface area contributed by atoms with Gasteiger partial charge in [0.05, 0.1) is 11.2 Å². The van der Waals surface area contributed by atoms with Gasteiger partial charge in [-0.3, -0.25) is 0 Å². The first-order chi connectivity index (χ1) is 9.79. The molecular formula is C17H26BNO2. The highest BCUT2D eigenvalue weighted by Crippen LogP contribution is 2.38. The van der Waals surface area contributed by atoms with Crippen LogP contribution in [-0.2, 0) is 15.7 Å². The van der Waals surface area contributed by atoms with Gasteiger partial charge in [0.1, 0.15) is 0 Å². The average molecular weight is 287 g/mol. The third-order valence-corrected chi connectivity index (χ3v) is 4.53. The predicted molar refractivity (Wildman–Crippen MR) is 88.9 cm³/mol. The summed E-state index contributed by atoms with van der Waals surface area (Å²) in [6.45, 7) is 10.8. The van der Waals surface area contributed by atoms with Crippen molar-refractivity contribution >= 4 is 13.2 Å². The Hall–Kier alpha value is -1.10. The maximum atomic E-state index is 6.06. The lowest BCUT2D eigenvalue weighted by molar-refractivity contribution is 0.00578. The topological polar surface area (TPSA) is 44.5 Å². The Labute approximate surface area is 128 Å². The van der Waals surface area contributed by atoms with Gasteiger partial charge in [0.2, 0.25) is 0 Å². The zero-order valence-electron chi connectivity index (χ0n) is 13.8. The molecule has 1 aliphatic heterocycles. The first-order valence-electron chi connectivity index (χ1n) is 7.64. The van der Waals surface area contributed by atoms with E-state index in [2.05, 4.69) is 65.0 Å². The Balaban J connectivity index is 2.22. The quantitative estimate of drug-likeness (QED) is 0.865. The molecule has 1 aromatic carbocycles. The molecule has 21 heavy (non-hydrogen) atoms. The molecule has 0 aliphatic carbocycles. The lowest BCUT2D eigenvalue weighted by atomic mass is 9.77. The number of hydrogen-bond acceptors (Lipinski definition) is 3. The number of benzene rings is 1. The molecule has 4 heteroatoms. The van der Waals surface area contributed by atoms with E-state index < -0.39 is 0 Å². The van der Waals surface area contributed by atoms with Crippen molar-refractivity contribution in [1.29, 1.82) is 0 Å². The lowest BCUT2D eigenvalue weighted by Crippen LogP contribution is -2.41. The fourth-order valence-electron chi connectivity index (χ4n) is 2.28. The molecule has 2 N–H and O–H groups in total. The monoisotopic (exact) mass is 287 g/mol. The summed E-state index contributed by atoms with van der Waals surface area (Å²) in [7, 11) is -0.370. The van der Waals surface area contributed by atoms with Crippen LogP contribution in [0.15, 0.2) is 29.7 Å². The molecule has 1 saturated heterocycles. The van der Waals surface area contributed by atoms with Gasteiger partial charge in [-0.1, -0.05) is 37.3 Å². The van der Waals surface area contributed by atoms with Crippen molar-refractivity contribution in [2.24, 2.45) is 5.73 Å². The first-order valence-corrected chi connectivity index (χ1v) is 7.64. The Kier molecular flexibility index (Phi) is 4.62. The van der Waals surface area contributed by atoms with Gasteiger partial charge in [0.25, 0.3) is 0 Å². The van der Waals surface area contributed by atoms with Crippen LogP contribution in [0.3, 0.4) is 0 Å². The van der Waals surface area contributed by atoms with E-state index in [9.17, 15) is 0 Å². The average Bonchev–Trinajstić information content (AvgIpc) is 2.65. The van der Waals surface area contributed by atoms with Crippen molar-refractivity contribution in [3.8, 4) is 0 Å². The van der Waals surface area contributed by atoms with Crippen molar-refractivity contribution in [3.63, 3.8) is 0 Å². The molecule has 1 heterocycles. The zero-order chi connectivity index (χ0) is 15.7. The van der Waals surface area contributed by atoms with Crippen molar-refractivity contribution in [3.05, 3.63) is 40.9 Å². The van der Waals surface area contributed by atoms with Crippen LogP contribution in [0, 0.1) is 0 Å². The number of hydrogen-bond donors (Lipinski definition) is 1. The molecule has 0 bridgehead atoms. The van der Waals surface area contributed by atoms with Crippen molar-refractivity contribution in [2.75, 3.05) is 6.54 Å². The Bertz CT molecular complexity index is 504. The minimum atomic E-state index is -0.370. The molecule has 0 atom stereocenters. The summed E-state index contributed by atoms with van der Waals surface area (Å²) in [6.07, 6.45) is 3.12. The molecule has 1 aliphatic rings. The Morgan fingerprint density at radius 3 is 2.05 bits per heavy atom. The predicted octanol–water partition coefficient (Wildman–Crippen LogP) is 3.22. The largest absolute Gasteiger partial charge is 0.491 e. The van der Waals surface area contributed by atoms with Crippen molar-refractivity contribution < 1.29 is 9.31 Å². The van der Waals surface area contributed by atoms with E-state index in [1.54, 1.807) is 0 Å². The zero-order valence-corrected chi connectivity index (χ0v) is 13.8. The minimum absolute atomic E-state index is 0.335. The van der Waals surface area contributed by atoms with E-state index in [0.717, 1.165) is 17.5 Å². The van der Waals surface area contributed by atoms with Crippen LogP contribution in [0.2, 0.25) is 0 Å². The van der Waals surface area contributed by atoms with Crippen molar-refractivity contribution in [2.45, 2.75) is 52.2 Å². The van der Waals surface area contributed by atoms with Gasteiger partial charge in [0, 0.05) is 6.54 Å². The molecular weight excluding hydrogens is 261 g/mol. The van der Waals surface area contributed by atoms with Gasteiger partial charge in [0.15, 0.2) is 0 Å². The molecule has 0 spiro atoms. The highest BCUT2D eigenvalue weighted by molar-refractivity contribution is 6.55. The third kappa shape index (κ3) is 3.39. The summed E-state index contributed by atoms with van der Waals surface area (Å²) < 4.78 is 12.1. The van der Waals surface area contributed by atoms with Gasteiger partial charge in [-0.2, -0.15) is 0 Å². The van der Waals surface area contributed by atoms with Crippen LogP contribution in [0.25, 0.3) is 6.08 Å². The molecule has 0 unspecified atom stereocenters. The van der Waals surface area contributed by atoms with Gasteiger partial charge >= 0.3 is 7.12 Å². The maximum absolute atomic E-state index is 6.06. The summed E-state index contributed by atoms with van der Waals surface area (Å²) in [5.41, 5.74) is 8.66. The fourth-order valence-corrected chi connectivity index (χ4v) is 2.28. The van der Waals surface area contributed by atoms with Crippen LogP contribution in [0.5, 0.6) is 0 Å². The Morgan fingerprint density at radius 1 is 1.10 bits per heavy atom. The van der Waals surface area contributed by atoms with E-state index in [-0.39, 0.29) is 18.3 Å². The molecule has 2 rings (SSSR count). The molecule has 0 saturated carbocycles. The van der Waals surface area contributed by atoms with Crippen LogP contribution < -0.4 is 5.73 Å². The molecule has 0 radical (unpaired) electrons. The SMILES string of the molecule is CCc1ccc(C=C(CN)B2OC(C)(C)C(C)(C)O2)cc1. The highest BCUT2D eigenvalue weighted by Gasteiger charge is 2.52. The summed E-state index contributed by atoms with van der Waals surface area (Å²) in [6, 6.07) is 8.51. The van der Waals surface area contributed by atoms with E-state index in [0.29, 0.717) is 6.54 Å². The summed E-state index contributed by atoms with van der Waals surface area (Å²) >= 11 is 0. The fraction of sp³-hybridized carbons (Fsp3) is 0.529. The van der Waals surface area contributed by atoms with Crippen LogP contribution >= 0.6 is 0 Å². The van der Waals surface area contributed by atoms with Gasteiger partial charge < -0.3 is 15.0 Å². The van der Waals surface area contributed by atoms with E-state index in [1.165, 1.54) is 5.56 Å². The smallest absolute Gasteiger partial charge is 0.400 e. The molecule has 0 amide bonds. The number of nitrogens with two attached hydrogens (primary N) is 1. The second-order valence-corrected chi connectivity index (χ2v) is 6.61. The maximum Gasteiger partial charge on any atom is 0.491 e. The van der Waals surface area contributed by atoms with E-state index >= 15 is 0 Å². The molecule has 3 nitrogen and oxygen atoms in total. The second-order valence-electron chi connectivity index (χ2n) is 6.61. The first kappa shape index (κ1) is 16.3. The Morgan fingerprint density at radius 2 is 1.62 bits per heavy atom. The van der Waals surface area contributed by atoms with Gasteiger partial charge in [-0.15, -0.1) is 0 Å². The summed E-state index contributed by atoms with van der Waals surface area (Å²) in [4.78, 5) is 0. The lowest BCUT2D eigenvalue weighted by Gasteiger charge is -2.32. The van der Waals surface area contributed by atoms with Crippen molar-refractivity contribution in [1.82, 2.24) is 0 Å². The molecule has 1 aromatic rings. The normalized spacial score (nSPS) is 20.9. The second kappa shape index (κ2) is 5.95. The number of rotatable bonds is 4. The standard InChI is InChI=1S/C17H26BNO2/c1-6-13-7-9-14(10-8-13)11-15(12-19)18-20-16(2,3)17(4,5)21-18/h7-11H,6,12,19H2,1-5H3. The third-order valence-electron chi connectivity index (χ3n) is 4.53. The summed E-state index contributed by atoms with van der Waals surface area (Å²) in [5.74, 6) is 0. The van der Waals surface area contributed by atoms with Crippen LogP contribution in [0.4, 0.5) is 0 Å². The van der Waals surface area contributed by atoms with Crippen LogP contribution in [-0.4, -0.2) is 24.9 Å². The van der Waals surface area contributed by atoms with Gasteiger partial charge in [-0.05, 0) is 50.7 Å². The molecule has 114 valence electrons. The summed E-state index contributed by atoms with van der Waals surface area (Å²) in [5, 5.41) is 0. The van der Waals surface area contributed by atoms with E-state index in [4.69, 9.17) is 15.0 Å². The molecule has 0 aromatic heterocycles. The number of aryl methyl sites for hydroxylation is 1. The van der Waals surface area contributed by atoms with E-state index in [1.807, 2.05) is 0 Å². The molecule has 1 fully saturated rings.